The lowest BCUT2D eigenvalue weighted by Gasteiger charge is -2.32. The zero-order valence-electron chi connectivity index (χ0n) is 11.7. The van der Waals surface area contributed by atoms with Crippen molar-refractivity contribution in [3.63, 3.8) is 0 Å². The minimum atomic E-state index is -0.831. The normalized spacial score (nSPS) is 28.8. The van der Waals surface area contributed by atoms with E-state index in [0.29, 0.717) is 6.42 Å². The van der Waals surface area contributed by atoms with Gasteiger partial charge in [0.05, 0.1) is 0 Å². The van der Waals surface area contributed by atoms with Gasteiger partial charge in [-0.1, -0.05) is 6.92 Å². The third-order valence-electron chi connectivity index (χ3n) is 4.28. The Morgan fingerprint density at radius 1 is 1.65 bits per heavy atom. The molecule has 4 atom stereocenters. The van der Waals surface area contributed by atoms with E-state index in [1.807, 2.05) is 0 Å². The molecule has 0 aromatic carbocycles. The van der Waals surface area contributed by atoms with Crippen molar-refractivity contribution in [1.82, 2.24) is 10.2 Å². The first-order valence-electron chi connectivity index (χ1n) is 6.42. The lowest BCUT2D eigenvalue weighted by molar-refractivity contribution is -0.144. The van der Waals surface area contributed by atoms with Crippen molar-refractivity contribution >= 4 is 5.97 Å². The third-order valence-corrected chi connectivity index (χ3v) is 4.28. The molecule has 0 bridgehead atoms. The number of hydrogen-bond acceptors (Lipinski definition) is 3. The summed E-state index contributed by atoms with van der Waals surface area (Å²) in [7, 11) is 3.80. The van der Waals surface area contributed by atoms with Crippen molar-refractivity contribution in [2.24, 2.45) is 11.8 Å². The number of hydrogen-bond donors (Lipinski definition) is 2. The average Bonchev–Trinajstić information content (AvgIpc) is 2.93. The molecule has 0 aromatic heterocycles. The smallest absolute Gasteiger partial charge is 0.323 e. The van der Waals surface area contributed by atoms with Gasteiger partial charge in [0.1, 0.15) is 5.54 Å². The summed E-state index contributed by atoms with van der Waals surface area (Å²) in [4.78, 5) is 13.5. The standard InChI is InChI=1S/C13H26N2O2/c1-9-6-11(9)8-15(5)10(2)7-13(3,14-4)12(16)17/h9-11,14H,6-8H2,1-5H3,(H,16,17). The summed E-state index contributed by atoms with van der Waals surface area (Å²) in [5.41, 5.74) is -0.831. The number of nitrogens with zero attached hydrogens (tertiary/aromatic N) is 1. The van der Waals surface area contributed by atoms with Crippen LogP contribution in [0.5, 0.6) is 0 Å². The van der Waals surface area contributed by atoms with Crippen molar-refractivity contribution in [3.05, 3.63) is 0 Å². The first-order chi connectivity index (χ1) is 7.80. The summed E-state index contributed by atoms with van der Waals surface area (Å²) in [6.07, 6.45) is 1.94. The van der Waals surface area contributed by atoms with Crippen LogP contribution in [-0.2, 0) is 4.79 Å². The highest BCUT2D eigenvalue weighted by Crippen LogP contribution is 2.38. The zero-order chi connectivity index (χ0) is 13.2. The van der Waals surface area contributed by atoms with Crippen LogP contribution in [0.3, 0.4) is 0 Å². The van der Waals surface area contributed by atoms with Crippen LogP contribution in [0.25, 0.3) is 0 Å². The number of likely N-dealkylation sites (N-methyl/N-ethyl adjacent to an activating group) is 1. The van der Waals surface area contributed by atoms with Crippen LogP contribution >= 0.6 is 0 Å². The van der Waals surface area contributed by atoms with Gasteiger partial charge in [0, 0.05) is 12.6 Å². The van der Waals surface area contributed by atoms with Crippen LogP contribution in [0.1, 0.15) is 33.6 Å². The van der Waals surface area contributed by atoms with E-state index in [4.69, 9.17) is 0 Å². The van der Waals surface area contributed by atoms with Crippen LogP contribution in [0.4, 0.5) is 0 Å². The van der Waals surface area contributed by atoms with E-state index < -0.39 is 11.5 Å². The molecule has 4 heteroatoms. The first-order valence-corrected chi connectivity index (χ1v) is 6.42. The molecule has 100 valence electrons. The predicted octanol–water partition coefficient (Wildman–Crippen LogP) is 1.42. The number of nitrogens with one attached hydrogen (secondary N) is 1. The van der Waals surface area contributed by atoms with E-state index in [2.05, 4.69) is 31.1 Å². The van der Waals surface area contributed by atoms with Crippen LogP contribution in [0, 0.1) is 11.8 Å². The highest BCUT2D eigenvalue weighted by atomic mass is 16.4. The number of aliphatic carboxylic acids is 1. The maximum Gasteiger partial charge on any atom is 0.323 e. The number of rotatable bonds is 7. The summed E-state index contributed by atoms with van der Waals surface area (Å²) >= 11 is 0. The van der Waals surface area contributed by atoms with Crippen LogP contribution < -0.4 is 5.32 Å². The first kappa shape index (κ1) is 14.5. The Kier molecular flexibility index (Phi) is 4.55. The van der Waals surface area contributed by atoms with Crippen molar-refractivity contribution in [2.75, 3.05) is 20.6 Å². The Labute approximate surface area is 104 Å². The molecule has 0 spiro atoms. The SMILES string of the molecule is CNC(C)(CC(C)N(C)CC1CC1C)C(=O)O. The second-order valence-corrected chi connectivity index (χ2v) is 5.85. The minimum absolute atomic E-state index is 0.274. The van der Waals surface area contributed by atoms with Crippen LogP contribution in [0.2, 0.25) is 0 Å². The van der Waals surface area contributed by atoms with Gasteiger partial charge in [0.2, 0.25) is 0 Å². The molecule has 4 unspecified atom stereocenters. The fourth-order valence-electron chi connectivity index (χ4n) is 2.25. The molecule has 4 nitrogen and oxygen atoms in total. The molecule has 1 fully saturated rings. The Morgan fingerprint density at radius 2 is 2.18 bits per heavy atom. The Morgan fingerprint density at radius 3 is 2.53 bits per heavy atom. The second-order valence-electron chi connectivity index (χ2n) is 5.85. The van der Waals surface area contributed by atoms with E-state index in [0.717, 1.165) is 18.4 Å². The van der Waals surface area contributed by atoms with Gasteiger partial charge in [-0.05, 0) is 52.6 Å². The van der Waals surface area contributed by atoms with Gasteiger partial charge >= 0.3 is 5.97 Å². The molecule has 1 aliphatic carbocycles. The minimum Gasteiger partial charge on any atom is -0.480 e. The molecule has 0 amide bonds. The molecule has 0 aromatic rings. The van der Waals surface area contributed by atoms with Gasteiger partial charge in [-0.2, -0.15) is 0 Å². The third kappa shape index (κ3) is 3.68. The average molecular weight is 242 g/mol. The Bertz CT molecular complexity index is 283. The fraction of sp³-hybridized carbons (Fsp3) is 0.923. The zero-order valence-corrected chi connectivity index (χ0v) is 11.7. The fourth-order valence-corrected chi connectivity index (χ4v) is 2.25. The number of carbonyl (C=O) groups is 1. The molecule has 2 N–H and O–H groups in total. The maximum atomic E-state index is 11.2. The summed E-state index contributed by atoms with van der Waals surface area (Å²) < 4.78 is 0. The van der Waals surface area contributed by atoms with Crippen molar-refractivity contribution in [1.29, 1.82) is 0 Å². The van der Waals surface area contributed by atoms with E-state index in [1.165, 1.54) is 6.42 Å². The summed E-state index contributed by atoms with van der Waals surface area (Å²) in [6, 6.07) is 0.274. The highest BCUT2D eigenvalue weighted by molar-refractivity contribution is 5.78. The van der Waals surface area contributed by atoms with Gasteiger partial charge < -0.3 is 15.3 Å². The van der Waals surface area contributed by atoms with E-state index in [1.54, 1.807) is 14.0 Å². The molecule has 1 rings (SSSR count). The monoisotopic (exact) mass is 242 g/mol. The highest BCUT2D eigenvalue weighted by Gasteiger charge is 2.37. The Balaban J connectivity index is 2.46. The largest absolute Gasteiger partial charge is 0.480 e. The Hall–Kier alpha value is -0.610. The predicted molar refractivity (Wildman–Crippen MR) is 69.1 cm³/mol. The lowest BCUT2D eigenvalue weighted by Crippen LogP contribution is -2.51. The topological polar surface area (TPSA) is 52.6 Å². The molecular formula is C13H26N2O2. The van der Waals surface area contributed by atoms with E-state index >= 15 is 0 Å². The van der Waals surface area contributed by atoms with Crippen molar-refractivity contribution in [2.45, 2.75) is 45.2 Å². The lowest BCUT2D eigenvalue weighted by atomic mass is 9.93. The molecule has 0 radical (unpaired) electrons. The van der Waals surface area contributed by atoms with Gasteiger partial charge in [0.25, 0.3) is 0 Å². The molecule has 17 heavy (non-hydrogen) atoms. The van der Waals surface area contributed by atoms with Crippen LogP contribution in [0.15, 0.2) is 0 Å². The quantitative estimate of drug-likeness (QED) is 0.709. The molecule has 0 heterocycles. The number of carboxylic acid groups (broad SMARTS) is 1. The summed E-state index contributed by atoms with van der Waals surface area (Å²) in [5, 5.41) is 12.1. The summed E-state index contributed by atoms with van der Waals surface area (Å²) in [6.45, 7) is 7.21. The summed E-state index contributed by atoms with van der Waals surface area (Å²) in [5.74, 6) is 0.882. The van der Waals surface area contributed by atoms with Crippen LogP contribution in [-0.4, -0.2) is 48.2 Å². The molecular weight excluding hydrogens is 216 g/mol. The van der Waals surface area contributed by atoms with Crippen molar-refractivity contribution in [3.8, 4) is 0 Å². The maximum absolute atomic E-state index is 11.2. The van der Waals surface area contributed by atoms with Gasteiger partial charge in [-0.25, -0.2) is 0 Å². The van der Waals surface area contributed by atoms with Gasteiger partial charge in [0.15, 0.2) is 0 Å². The van der Waals surface area contributed by atoms with Gasteiger partial charge in [-0.3, -0.25) is 4.79 Å². The van der Waals surface area contributed by atoms with E-state index in [9.17, 15) is 9.90 Å². The van der Waals surface area contributed by atoms with Gasteiger partial charge in [-0.15, -0.1) is 0 Å². The number of carboxylic acids is 1. The van der Waals surface area contributed by atoms with E-state index in [-0.39, 0.29) is 6.04 Å². The molecule has 0 saturated heterocycles. The second kappa shape index (κ2) is 5.36. The molecule has 1 saturated carbocycles. The molecule has 1 aliphatic rings. The molecule has 0 aliphatic heterocycles. The van der Waals surface area contributed by atoms with Crippen molar-refractivity contribution < 1.29 is 9.90 Å².